The Morgan fingerprint density at radius 3 is 2.24 bits per heavy atom. The summed E-state index contributed by atoms with van der Waals surface area (Å²) in [5.41, 5.74) is 1.78. The molecule has 0 spiro atoms. The topological polar surface area (TPSA) is 29.8 Å². The minimum absolute atomic E-state index is 0. The maximum atomic E-state index is 5.98. The number of rotatable bonds is 3. The molecule has 0 N–H and O–H groups in total. The third kappa shape index (κ3) is 2.93. The van der Waals surface area contributed by atoms with Crippen LogP contribution in [-0.2, 0) is 0 Å². The second-order valence-electron chi connectivity index (χ2n) is 4.41. The summed E-state index contributed by atoms with van der Waals surface area (Å²) in [6, 6.07) is 17.6. The molecule has 3 aromatic rings. The van der Waals surface area contributed by atoms with E-state index in [1.165, 1.54) is 0 Å². The van der Waals surface area contributed by atoms with Gasteiger partial charge in [0.25, 0.3) is 0 Å². The van der Waals surface area contributed by atoms with E-state index in [-0.39, 0.29) is 12.4 Å². The van der Waals surface area contributed by atoms with Gasteiger partial charge in [0.2, 0.25) is 5.75 Å². The minimum Gasteiger partial charge on any atom is -1.00 e. The molecule has 0 amide bonds. The molecule has 0 saturated carbocycles. The van der Waals surface area contributed by atoms with Gasteiger partial charge in [-0.25, -0.2) is 4.42 Å². The average molecular weight is 303 g/mol. The lowest BCUT2D eigenvalue weighted by Gasteiger charge is -2.02. The normalized spacial score (nSPS) is 10.0. The van der Waals surface area contributed by atoms with Gasteiger partial charge in [-0.05, 0) is 30.3 Å². The molecule has 1 heterocycles. The summed E-state index contributed by atoms with van der Waals surface area (Å²) in [5, 5.41) is 1.02. The molecule has 0 aliphatic rings. The molecule has 0 atom stereocenters. The summed E-state index contributed by atoms with van der Waals surface area (Å²) in [5.74, 6) is 2.25. The Labute approximate surface area is 129 Å². The van der Waals surface area contributed by atoms with Crippen LogP contribution in [0.2, 0.25) is 0 Å². The van der Waals surface area contributed by atoms with Crippen LogP contribution in [-0.4, -0.2) is 14.2 Å². The molecule has 0 radical (unpaired) electrons. The van der Waals surface area contributed by atoms with E-state index in [4.69, 9.17) is 13.9 Å². The number of halogens is 1. The second kappa shape index (κ2) is 6.46. The van der Waals surface area contributed by atoms with Gasteiger partial charge in [-0.2, -0.15) is 0 Å². The van der Waals surface area contributed by atoms with Gasteiger partial charge in [0.05, 0.1) is 25.2 Å². The van der Waals surface area contributed by atoms with Crippen molar-refractivity contribution in [1.29, 1.82) is 0 Å². The molecule has 0 aliphatic carbocycles. The first kappa shape index (κ1) is 15.1. The smallest absolute Gasteiger partial charge is 0.402 e. The maximum Gasteiger partial charge on any atom is 0.402 e. The highest BCUT2D eigenvalue weighted by atomic mass is 35.5. The van der Waals surface area contributed by atoms with Crippen molar-refractivity contribution in [3.63, 3.8) is 0 Å². The molecule has 0 saturated heterocycles. The van der Waals surface area contributed by atoms with Gasteiger partial charge in [-0.15, -0.1) is 0 Å². The van der Waals surface area contributed by atoms with E-state index in [1.807, 2.05) is 54.6 Å². The molecule has 108 valence electrons. The third-order valence-electron chi connectivity index (χ3n) is 3.21. The van der Waals surface area contributed by atoms with Gasteiger partial charge in [0.15, 0.2) is 0 Å². The van der Waals surface area contributed by atoms with E-state index in [1.54, 1.807) is 14.2 Å². The lowest BCUT2D eigenvalue weighted by Crippen LogP contribution is -3.00. The standard InChI is InChI=1S/C17H15O3.ClH/c1-18-14-9-7-12(8-10-14)17-16(19-2)11-13-5-3-4-6-15(13)20-17;/h3-11H,1-2H3;1H/q+1;/p-1. The van der Waals surface area contributed by atoms with Crippen molar-refractivity contribution < 1.29 is 26.3 Å². The van der Waals surface area contributed by atoms with Crippen molar-refractivity contribution in [2.24, 2.45) is 0 Å². The van der Waals surface area contributed by atoms with Crippen LogP contribution in [0.15, 0.2) is 59.0 Å². The summed E-state index contributed by atoms with van der Waals surface area (Å²) in [6.07, 6.45) is 0. The van der Waals surface area contributed by atoms with Crippen LogP contribution in [0.5, 0.6) is 11.5 Å². The number of methoxy groups -OCH3 is 2. The van der Waals surface area contributed by atoms with Gasteiger partial charge in [0.1, 0.15) is 5.75 Å². The Hall–Kier alpha value is -2.26. The Bertz CT molecular complexity index is 739. The largest absolute Gasteiger partial charge is 1.00 e. The average Bonchev–Trinajstić information content (AvgIpc) is 2.53. The summed E-state index contributed by atoms with van der Waals surface area (Å²) in [7, 11) is 3.29. The SMILES string of the molecule is COc1ccc(-c2[o+]c3ccccc3cc2OC)cc1.[Cl-]. The number of fused-ring (bicyclic) bond motifs is 1. The van der Waals surface area contributed by atoms with Crippen LogP contribution in [0.4, 0.5) is 0 Å². The Morgan fingerprint density at radius 2 is 1.57 bits per heavy atom. The van der Waals surface area contributed by atoms with E-state index in [0.717, 1.165) is 22.3 Å². The van der Waals surface area contributed by atoms with Crippen LogP contribution in [0, 0.1) is 0 Å². The monoisotopic (exact) mass is 302 g/mol. The summed E-state index contributed by atoms with van der Waals surface area (Å²) >= 11 is 0. The Balaban J connectivity index is 0.00000161. The zero-order chi connectivity index (χ0) is 13.9. The number of para-hydroxylation sites is 1. The van der Waals surface area contributed by atoms with Gasteiger partial charge < -0.3 is 21.9 Å². The highest BCUT2D eigenvalue weighted by Gasteiger charge is 2.22. The number of hydrogen-bond donors (Lipinski definition) is 0. The van der Waals surface area contributed by atoms with Crippen LogP contribution in [0.1, 0.15) is 0 Å². The molecule has 1 aromatic heterocycles. The van der Waals surface area contributed by atoms with Gasteiger partial charge in [0, 0.05) is 12.1 Å². The predicted octanol–water partition coefficient (Wildman–Crippen LogP) is 1.40. The van der Waals surface area contributed by atoms with Crippen molar-refractivity contribution in [3.05, 3.63) is 54.6 Å². The fourth-order valence-electron chi connectivity index (χ4n) is 2.15. The number of ether oxygens (including phenoxy) is 2. The molecule has 0 fully saturated rings. The first-order valence-electron chi connectivity index (χ1n) is 6.36. The minimum atomic E-state index is 0. The van der Waals surface area contributed by atoms with Gasteiger partial charge in [-0.1, -0.05) is 12.1 Å². The van der Waals surface area contributed by atoms with Crippen LogP contribution in [0.3, 0.4) is 0 Å². The molecule has 0 bridgehead atoms. The van der Waals surface area contributed by atoms with Gasteiger partial charge in [-0.3, -0.25) is 0 Å². The molecular weight excluding hydrogens is 288 g/mol. The highest BCUT2D eigenvalue weighted by molar-refractivity contribution is 5.82. The van der Waals surface area contributed by atoms with E-state index >= 15 is 0 Å². The number of hydrogen-bond acceptors (Lipinski definition) is 2. The van der Waals surface area contributed by atoms with Crippen molar-refractivity contribution in [3.8, 4) is 22.8 Å². The fraction of sp³-hybridized carbons (Fsp3) is 0.118. The van der Waals surface area contributed by atoms with Crippen molar-refractivity contribution in [2.75, 3.05) is 14.2 Å². The Kier molecular flexibility index (Phi) is 4.66. The van der Waals surface area contributed by atoms with Crippen molar-refractivity contribution in [1.82, 2.24) is 0 Å². The van der Waals surface area contributed by atoms with E-state index in [9.17, 15) is 0 Å². The van der Waals surface area contributed by atoms with Crippen LogP contribution < -0.4 is 21.9 Å². The molecule has 2 aromatic carbocycles. The summed E-state index contributed by atoms with van der Waals surface area (Å²) in [6.45, 7) is 0. The molecule has 0 unspecified atom stereocenters. The second-order valence-corrected chi connectivity index (χ2v) is 4.41. The van der Waals surface area contributed by atoms with Gasteiger partial charge >= 0.3 is 11.3 Å². The lowest BCUT2D eigenvalue weighted by atomic mass is 10.1. The predicted molar refractivity (Wildman–Crippen MR) is 79.2 cm³/mol. The summed E-state index contributed by atoms with van der Waals surface area (Å²) < 4.78 is 16.6. The van der Waals surface area contributed by atoms with Crippen molar-refractivity contribution in [2.45, 2.75) is 0 Å². The quantitative estimate of drug-likeness (QED) is 0.685. The van der Waals surface area contributed by atoms with E-state index in [2.05, 4.69) is 0 Å². The van der Waals surface area contributed by atoms with Crippen LogP contribution in [0.25, 0.3) is 22.3 Å². The first-order chi connectivity index (χ1) is 9.81. The molecule has 4 heteroatoms. The zero-order valence-electron chi connectivity index (χ0n) is 11.8. The summed E-state index contributed by atoms with van der Waals surface area (Å²) in [4.78, 5) is 0. The molecule has 3 nitrogen and oxygen atoms in total. The first-order valence-corrected chi connectivity index (χ1v) is 6.36. The maximum absolute atomic E-state index is 5.98. The molecular formula is C17H15ClO3. The van der Waals surface area contributed by atoms with E-state index in [0.29, 0.717) is 11.5 Å². The van der Waals surface area contributed by atoms with Crippen molar-refractivity contribution >= 4 is 11.0 Å². The third-order valence-corrected chi connectivity index (χ3v) is 3.21. The lowest BCUT2D eigenvalue weighted by molar-refractivity contribution is -0.00000497. The molecule has 0 aliphatic heterocycles. The molecule has 3 rings (SSSR count). The van der Waals surface area contributed by atoms with Crippen LogP contribution >= 0.6 is 0 Å². The Morgan fingerprint density at radius 1 is 0.857 bits per heavy atom. The van der Waals surface area contributed by atoms with E-state index < -0.39 is 0 Å². The zero-order valence-corrected chi connectivity index (χ0v) is 12.6. The fourth-order valence-corrected chi connectivity index (χ4v) is 2.15. The molecule has 21 heavy (non-hydrogen) atoms. The highest BCUT2D eigenvalue weighted by Crippen LogP contribution is 2.34. The number of benzene rings is 2.